The number of nitrogens with zero attached hydrogens (tertiary/aromatic N) is 2. The van der Waals surface area contributed by atoms with E-state index in [1.54, 1.807) is 18.2 Å². The summed E-state index contributed by atoms with van der Waals surface area (Å²) in [5, 5.41) is 1.04. The van der Waals surface area contributed by atoms with E-state index >= 15 is 0 Å². The number of anilines is 1. The van der Waals surface area contributed by atoms with E-state index < -0.39 is 0 Å². The Balaban J connectivity index is 2.58. The van der Waals surface area contributed by atoms with E-state index in [0.717, 1.165) is 0 Å². The highest BCUT2D eigenvalue weighted by Gasteiger charge is 2.10. The number of aromatic nitrogens is 2. The minimum absolute atomic E-state index is 0.472. The van der Waals surface area contributed by atoms with Crippen LogP contribution in [-0.2, 0) is 0 Å². The number of rotatable bonds is 1. The molecule has 0 aliphatic carbocycles. The van der Waals surface area contributed by atoms with Crippen molar-refractivity contribution in [3.63, 3.8) is 0 Å². The molecule has 0 bridgehead atoms. The molecule has 0 saturated carbocycles. The highest BCUT2D eigenvalue weighted by molar-refractivity contribution is 6.38. The Labute approximate surface area is 96.9 Å². The average molecular weight is 240 g/mol. The van der Waals surface area contributed by atoms with Gasteiger partial charge in [-0.2, -0.15) is 0 Å². The van der Waals surface area contributed by atoms with Gasteiger partial charge in [0.05, 0.1) is 33.7 Å². The summed E-state index contributed by atoms with van der Waals surface area (Å²) in [5.41, 5.74) is 6.62. The third-order valence-electron chi connectivity index (χ3n) is 1.86. The molecule has 1 aromatic carbocycles. The van der Waals surface area contributed by atoms with Crippen LogP contribution < -0.4 is 5.73 Å². The van der Waals surface area contributed by atoms with E-state index in [2.05, 4.69) is 9.97 Å². The second-order valence-electron chi connectivity index (χ2n) is 2.94. The monoisotopic (exact) mass is 239 g/mol. The summed E-state index contributed by atoms with van der Waals surface area (Å²) < 4.78 is 0. The molecule has 0 aliphatic rings. The molecule has 0 amide bonds. The van der Waals surface area contributed by atoms with Crippen molar-refractivity contribution in [3.05, 3.63) is 40.6 Å². The minimum atomic E-state index is 0.472. The van der Waals surface area contributed by atoms with Gasteiger partial charge in [0.25, 0.3) is 0 Å². The smallest absolute Gasteiger partial charge is 0.162 e. The summed E-state index contributed by atoms with van der Waals surface area (Å²) >= 11 is 12.0. The van der Waals surface area contributed by atoms with Gasteiger partial charge in [-0.05, 0) is 12.1 Å². The summed E-state index contributed by atoms with van der Waals surface area (Å²) in [5.74, 6) is 0.472. The maximum Gasteiger partial charge on any atom is 0.162 e. The van der Waals surface area contributed by atoms with Gasteiger partial charge in [0, 0.05) is 0 Å². The van der Waals surface area contributed by atoms with Gasteiger partial charge in [-0.15, -0.1) is 0 Å². The Morgan fingerprint density at radius 3 is 2.07 bits per heavy atom. The van der Waals surface area contributed by atoms with Crippen molar-refractivity contribution >= 4 is 28.9 Å². The van der Waals surface area contributed by atoms with Gasteiger partial charge < -0.3 is 5.73 Å². The molecule has 15 heavy (non-hydrogen) atoms. The molecule has 0 atom stereocenters. The van der Waals surface area contributed by atoms with Crippen LogP contribution >= 0.6 is 23.2 Å². The lowest BCUT2D eigenvalue weighted by molar-refractivity contribution is 1.18. The van der Waals surface area contributed by atoms with Crippen LogP contribution in [0.2, 0.25) is 10.0 Å². The van der Waals surface area contributed by atoms with Crippen molar-refractivity contribution in [3.8, 4) is 11.4 Å². The summed E-state index contributed by atoms with van der Waals surface area (Å²) in [6.07, 6.45) is 3.03. The first-order valence-electron chi connectivity index (χ1n) is 4.20. The molecular weight excluding hydrogens is 233 g/mol. The molecule has 2 rings (SSSR count). The van der Waals surface area contributed by atoms with E-state index in [4.69, 9.17) is 28.9 Å². The number of hydrogen-bond donors (Lipinski definition) is 1. The maximum atomic E-state index is 6.01. The molecule has 1 aromatic heterocycles. The van der Waals surface area contributed by atoms with Crippen LogP contribution in [0.1, 0.15) is 0 Å². The van der Waals surface area contributed by atoms with Crippen LogP contribution in [-0.4, -0.2) is 9.97 Å². The van der Waals surface area contributed by atoms with Gasteiger partial charge in [0.2, 0.25) is 0 Å². The van der Waals surface area contributed by atoms with E-state index in [1.165, 1.54) is 12.4 Å². The third-order valence-corrected chi connectivity index (χ3v) is 2.49. The van der Waals surface area contributed by atoms with Crippen molar-refractivity contribution in [2.24, 2.45) is 0 Å². The standard InChI is InChI=1S/C10H7Cl2N3/c11-7-2-1-3-8(12)9(7)10-14-4-6(13)5-15-10/h1-5H,13H2. The second-order valence-corrected chi connectivity index (χ2v) is 3.75. The summed E-state index contributed by atoms with van der Waals surface area (Å²) in [6, 6.07) is 5.25. The van der Waals surface area contributed by atoms with Crippen LogP contribution in [0.5, 0.6) is 0 Å². The number of benzene rings is 1. The summed E-state index contributed by atoms with van der Waals surface area (Å²) in [6.45, 7) is 0. The Kier molecular flexibility index (Phi) is 2.75. The fraction of sp³-hybridized carbons (Fsp3) is 0. The first-order valence-corrected chi connectivity index (χ1v) is 4.96. The van der Waals surface area contributed by atoms with Crippen LogP contribution in [0.3, 0.4) is 0 Å². The molecule has 0 aliphatic heterocycles. The minimum Gasteiger partial charge on any atom is -0.396 e. The Hall–Kier alpha value is -1.32. The van der Waals surface area contributed by atoms with Gasteiger partial charge in [0.1, 0.15) is 0 Å². The molecule has 5 heteroatoms. The number of halogens is 2. The number of nitrogen functional groups attached to an aromatic ring is 1. The van der Waals surface area contributed by atoms with Crippen molar-refractivity contribution in [1.82, 2.24) is 9.97 Å². The Morgan fingerprint density at radius 1 is 1.00 bits per heavy atom. The summed E-state index contributed by atoms with van der Waals surface area (Å²) in [7, 11) is 0. The average Bonchev–Trinajstić information content (AvgIpc) is 2.20. The zero-order valence-corrected chi connectivity index (χ0v) is 9.13. The molecule has 1 heterocycles. The first kappa shape index (κ1) is 10.2. The zero-order chi connectivity index (χ0) is 10.8. The lowest BCUT2D eigenvalue weighted by Gasteiger charge is -2.04. The number of hydrogen-bond acceptors (Lipinski definition) is 3. The van der Waals surface area contributed by atoms with E-state index in [9.17, 15) is 0 Å². The highest BCUT2D eigenvalue weighted by atomic mass is 35.5. The van der Waals surface area contributed by atoms with Crippen LogP contribution in [0.15, 0.2) is 30.6 Å². The van der Waals surface area contributed by atoms with Crippen molar-refractivity contribution < 1.29 is 0 Å². The fourth-order valence-corrected chi connectivity index (χ4v) is 1.75. The predicted octanol–water partition coefficient (Wildman–Crippen LogP) is 3.03. The molecule has 0 unspecified atom stereocenters. The van der Waals surface area contributed by atoms with Crippen LogP contribution in [0, 0.1) is 0 Å². The normalized spacial score (nSPS) is 10.3. The van der Waals surface area contributed by atoms with Crippen molar-refractivity contribution in [2.45, 2.75) is 0 Å². The Morgan fingerprint density at radius 2 is 1.53 bits per heavy atom. The third kappa shape index (κ3) is 2.03. The molecule has 0 spiro atoms. The molecule has 3 nitrogen and oxygen atoms in total. The quantitative estimate of drug-likeness (QED) is 0.833. The SMILES string of the molecule is Nc1cnc(-c2c(Cl)cccc2Cl)nc1. The van der Waals surface area contributed by atoms with Crippen LogP contribution in [0.4, 0.5) is 5.69 Å². The highest BCUT2D eigenvalue weighted by Crippen LogP contribution is 2.31. The first-order chi connectivity index (χ1) is 7.18. The molecule has 2 aromatic rings. The topological polar surface area (TPSA) is 51.8 Å². The van der Waals surface area contributed by atoms with E-state index in [1.807, 2.05) is 0 Å². The maximum absolute atomic E-state index is 6.01. The van der Waals surface area contributed by atoms with Gasteiger partial charge in [0.15, 0.2) is 5.82 Å². The van der Waals surface area contributed by atoms with Gasteiger partial charge in [-0.3, -0.25) is 0 Å². The largest absolute Gasteiger partial charge is 0.396 e. The second kappa shape index (κ2) is 4.04. The molecular formula is C10H7Cl2N3. The van der Waals surface area contributed by atoms with E-state index in [0.29, 0.717) is 27.1 Å². The van der Waals surface area contributed by atoms with Crippen molar-refractivity contribution in [2.75, 3.05) is 5.73 Å². The summed E-state index contributed by atoms with van der Waals surface area (Å²) in [4.78, 5) is 8.13. The van der Waals surface area contributed by atoms with Gasteiger partial charge in [-0.25, -0.2) is 9.97 Å². The molecule has 0 fully saturated rings. The lowest BCUT2D eigenvalue weighted by atomic mass is 10.2. The Bertz CT molecular complexity index is 462. The molecule has 2 N–H and O–H groups in total. The van der Waals surface area contributed by atoms with Crippen molar-refractivity contribution in [1.29, 1.82) is 0 Å². The zero-order valence-electron chi connectivity index (χ0n) is 7.61. The lowest BCUT2D eigenvalue weighted by Crippen LogP contribution is -1.93. The van der Waals surface area contributed by atoms with E-state index in [-0.39, 0.29) is 0 Å². The number of nitrogens with two attached hydrogens (primary N) is 1. The molecule has 0 radical (unpaired) electrons. The molecule has 0 saturated heterocycles. The van der Waals surface area contributed by atoms with Gasteiger partial charge in [-0.1, -0.05) is 29.3 Å². The molecule has 76 valence electrons. The van der Waals surface area contributed by atoms with Gasteiger partial charge >= 0.3 is 0 Å². The fourth-order valence-electron chi connectivity index (χ4n) is 1.18. The predicted molar refractivity (Wildman–Crippen MR) is 61.9 cm³/mol. The van der Waals surface area contributed by atoms with Crippen LogP contribution in [0.25, 0.3) is 11.4 Å².